The van der Waals surface area contributed by atoms with Crippen molar-refractivity contribution in [3.8, 4) is 0 Å². The molecular formula is C14H15ClN2O. The predicted molar refractivity (Wildman–Crippen MR) is 73.0 cm³/mol. The van der Waals surface area contributed by atoms with Gasteiger partial charge in [-0.15, -0.1) is 11.6 Å². The van der Waals surface area contributed by atoms with Gasteiger partial charge in [-0.2, -0.15) is 0 Å². The van der Waals surface area contributed by atoms with Gasteiger partial charge in [-0.05, 0) is 37.8 Å². The van der Waals surface area contributed by atoms with Crippen molar-refractivity contribution in [3.63, 3.8) is 0 Å². The summed E-state index contributed by atoms with van der Waals surface area (Å²) in [6, 6.07) is 7.65. The van der Waals surface area contributed by atoms with Crippen LogP contribution in [-0.4, -0.2) is 9.55 Å². The number of fused-ring (bicyclic) bond motifs is 1. The van der Waals surface area contributed by atoms with Crippen LogP contribution in [0.2, 0.25) is 0 Å². The van der Waals surface area contributed by atoms with E-state index in [0.717, 1.165) is 5.52 Å². The molecule has 1 aliphatic carbocycles. The van der Waals surface area contributed by atoms with Crippen LogP contribution in [0, 0.1) is 5.92 Å². The molecule has 1 fully saturated rings. The van der Waals surface area contributed by atoms with Gasteiger partial charge in [-0.1, -0.05) is 12.1 Å². The molecule has 1 heterocycles. The Kier molecular flexibility index (Phi) is 2.86. The van der Waals surface area contributed by atoms with E-state index in [4.69, 9.17) is 11.6 Å². The van der Waals surface area contributed by atoms with Gasteiger partial charge in [-0.3, -0.25) is 9.36 Å². The van der Waals surface area contributed by atoms with Gasteiger partial charge in [0.15, 0.2) is 0 Å². The number of alkyl halides is 1. The van der Waals surface area contributed by atoms with Crippen LogP contribution >= 0.6 is 11.6 Å². The third kappa shape index (κ3) is 1.83. The fourth-order valence-corrected chi connectivity index (χ4v) is 2.68. The second kappa shape index (κ2) is 4.39. The van der Waals surface area contributed by atoms with Crippen LogP contribution in [0.1, 0.15) is 31.6 Å². The number of halogens is 1. The minimum atomic E-state index is 0.0376. The van der Waals surface area contributed by atoms with E-state index in [1.54, 1.807) is 4.57 Å². The van der Waals surface area contributed by atoms with E-state index >= 15 is 0 Å². The highest BCUT2D eigenvalue weighted by Gasteiger charge is 2.31. The van der Waals surface area contributed by atoms with Crippen molar-refractivity contribution in [1.82, 2.24) is 9.55 Å². The summed E-state index contributed by atoms with van der Waals surface area (Å²) in [7, 11) is 0. The maximum Gasteiger partial charge on any atom is 0.261 e. The molecule has 0 N–H and O–H groups in total. The van der Waals surface area contributed by atoms with Gasteiger partial charge in [0.1, 0.15) is 5.82 Å². The third-order valence-electron chi connectivity index (χ3n) is 3.71. The summed E-state index contributed by atoms with van der Waals surface area (Å²) in [5, 5.41) is 0.680. The number of benzene rings is 1. The highest BCUT2D eigenvalue weighted by molar-refractivity contribution is 6.16. The molecule has 0 radical (unpaired) electrons. The molecule has 1 aromatic carbocycles. The topological polar surface area (TPSA) is 34.9 Å². The Morgan fingerprint density at radius 3 is 2.83 bits per heavy atom. The van der Waals surface area contributed by atoms with Crippen molar-refractivity contribution >= 4 is 22.5 Å². The molecule has 18 heavy (non-hydrogen) atoms. The first-order chi connectivity index (χ1) is 8.72. The molecule has 1 aliphatic rings. The Labute approximate surface area is 110 Å². The van der Waals surface area contributed by atoms with Gasteiger partial charge in [0.25, 0.3) is 5.56 Å². The molecule has 1 atom stereocenters. The third-order valence-corrected chi connectivity index (χ3v) is 3.95. The van der Waals surface area contributed by atoms with Crippen molar-refractivity contribution in [2.45, 2.75) is 31.7 Å². The summed E-state index contributed by atoms with van der Waals surface area (Å²) in [4.78, 5) is 17.1. The lowest BCUT2D eigenvalue weighted by molar-refractivity contribution is 0.455. The maximum absolute atomic E-state index is 12.5. The van der Waals surface area contributed by atoms with E-state index < -0.39 is 0 Å². The van der Waals surface area contributed by atoms with Crippen LogP contribution < -0.4 is 5.56 Å². The molecule has 3 nitrogen and oxygen atoms in total. The van der Waals surface area contributed by atoms with Crippen molar-refractivity contribution in [2.24, 2.45) is 5.92 Å². The summed E-state index contributed by atoms with van der Waals surface area (Å²) in [5.41, 5.74) is 0.771. The van der Waals surface area contributed by atoms with E-state index in [1.807, 2.05) is 24.3 Å². The van der Waals surface area contributed by atoms with Gasteiger partial charge in [0.2, 0.25) is 0 Å². The Balaban J connectivity index is 2.27. The van der Waals surface area contributed by atoms with Crippen LogP contribution in [0.3, 0.4) is 0 Å². The predicted octanol–water partition coefficient (Wildman–Crippen LogP) is 3.11. The highest BCUT2D eigenvalue weighted by Crippen LogP contribution is 2.39. The molecule has 94 valence electrons. The summed E-state index contributed by atoms with van der Waals surface area (Å²) in [6.07, 6.45) is 2.39. The van der Waals surface area contributed by atoms with E-state index in [0.29, 0.717) is 17.1 Å². The molecule has 0 amide bonds. The van der Waals surface area contributed by atoms with E-state index in [2.05, 4.69) is 11.9 Å². The Bertz CT molecular complexity index is 646. The van der Waals surface area contributed by atoms with E-state index in [-0.39, 0.29) is 17.5 Å². The molecule has 0 saturated heterocycles. The van der Waals surface area contributed by atoms with Gasteiger partial charge in [0.05, 0.1) is 16.8 Å². The molecule has 1 aromatic heterocycles. The lowest BCUT2D eigenvalue weighted by Gasteiger charge is -2.18. The lowest BCUT2D eigenvalue weighted by atomic mass is 10.2. The van der Waals surface area contributed by atoms with Crippen molar-refractivity contribution in [1.29, 1.82) is 0 Å². The maximum atomic E-state index is 12.5. The summed E-state index contributed by atoms with van der Waals surface area (Å²) in [6.45, 7) is 2.09. The minimum absolute atomic E-state index is 0.0376. The highest BCUT2D eigenvalue weighted by atomic mass is 35.5. The average Bonchev–Trinajstić information content (AvgIpc) is 3.22. The first kappa shape index (κ1) is 11.7. The monoisotopic (exact) mass is 262 g/mol. The van der Waals surface area contributed by atoms with Gasteiger partial charge in [-0.25, -0.2) is 4.98 Å². The number of para-hydroxylation sites is 1. The zero-order valence-corrected chi connectivity index (χ0v) is 11.0. The second-order valence-corrected chi connectivity index (χ2v) is 5.20. The molecule has 0 bridgehead atoms. The quantitative estimate of drug-likeness (QED) is 0.797. The number of hydrogen-bond donors (Lipinski definition) is 0. The van der Waals surface area contributed by atoms with Gasteiger partial charge >= 0.3 is 0 Å². The standard InChI is InChI=1S/C14H15ClN2O/c1-9(10-6-7-10)17-13(8-15)16-12-5-3-2-4-11(12)14(17)18/h2-5,9-10H,6-8H2,1H3. The number of aromatic nitrogens is 2. The van der Waals surface area contributed by atoms with Crippen molar-refractivity contribution in [2.75, 3.05) is 0 Å². The Morgan fingerprint density at radius 2 is 2.17 bits per heavy atom. The molecular weight excluding hydrogens is 248 g/mol. The van der Waals surface area contributed by atoms with E-state index in [9.17, 15) is 4.79 Å². The normalized spacial score (nSPS) is 17.0. The molecule has 2 aromatic rings. The molecule has 0 aliphatic heterocycles. The lowest BCUT2D eigenvalue weighted by Crippen LogP contribution is -2.28. The zero-order valence-electron chi connectivity index (χ0n) is 10.3. The largest absolute Gasteiger partial charge is 0.292 e. The Morgan fingerprint density at radius 1 is 1.44 bits per heavy atom. The van der Waals surface area contributed by atoms with Crippen LogP contribution in [0.15, 0.2) is 29.1 Å². The van der Waals surface area contributed by atoms with Crippen LogP contribution in [-0.2, 0) is 5.88 Å². The fourth-order valence-electron chi connectivity index (χ4n) is 2.50. The van der Waals surface area contributed by atoms with Crippen molar-refractivity contribution in [3.05, 3.63) is 40.4 Å². The molecule has 4 heteroatoms. The molecule has 3 rings (SSSR count). The smallest absolute Gasteiger partial charge is 0.261 e. The Hall–Kier alpha value is -1.35. The molecule has 1 saturated carbocycles. The fraction of sp³-hybridized carbons (Fsp3) is 0.429. The van der Waals surface area contributed by atoms with E-state index in [1.165, 1.54) is 12.8 Å². The number of nitrogens with zero attached hydrogens (tertiary/aromatic N) is 2. The molecule has 1 unspecified atom stereocenters. The summed E-state index contributed by atoms with van der Waals surface area (Å²) < 4.78 is 1.78. The first-order valence-corrected chi connectivity index (χ1v) is 6.82. The summed E-state index contributed by atoms with van der Waals surface area (Å²) in [5.74, 6) is 1.56. The first-order valence-electron chi connectivity index (χ1n) is 6.28. The van der Waals surface area contributed by atoms with Gasteiger partial charge < -0.3 is 0 Å². The van der Waals surface area contributed by atoms with Crippen molar-refractivity contribution < 1.29 is 0 Å². The van der Waals surface area contributed by atoms with Crippen LogP contribution in [0.25, 0.3) is 10.9 Å². The minimum Gasteiger partial charge on any atom is -0.292 e. The van der Waals surface area contributed by atoms with Gasteiger partial charge in [0, 0.05) is 6.04 Å². The average molecular weight is 263 g/mol. The number of hydrogen-bond acceptors (Lipinski definition) is 2. The SMILES string of the molecule is CC(C1CC1)n1c(CCl)nc2ccccc2c1=O. The summed E-state index contributed by atoms with van der Waals surface area (Å²) >= 11 is 5.95. The van der Waals surface area contributed by atoms with Crippen LogP contribution in [0.5, 0.6) is 0 Å². The van der Waals surface area contributed by atoms with Crippen LogP contribution in [0.4, 0.5) is 0 Å². The molecule has 0 spiro atoms. The second-order valence-electron chi connectivity index (χ2n) is 4.93. The zero-order chi connectivity index (χ0) is 12.7. The number of rotatable bonds is 3.